The number of amides is 1. The number of carbonyl (C=O) groups excluding carboxylic acids is 1. The smallest absolute Gasteiger partial charge is 0.251 e. The number of aromatic amines is 1. The van der Waals surface area contributed by atoms with Crippen molar-refractivity contribution < 1.29 is 9.18 Å². The van der Waals surface area contributed by atoms with Crippen LogP contribution in [0.3, 0.4) is 0 Å². The van der Waals surface area contributed by atoms with Crippen LogP contribution >= 0.6 is 15.9 Å². The van der Waals surface area contributed by atoms with E-state index in [1.54, 1.807) is 24.4 Å². The van der Waals surface area contributed by atoms with Gasteiger partial charge < -0.3 is 10.3 Å². The van der Waals surface area contributed by atoms with Gasteiger partial charge >= 0.3 is 0 Å². The molecular formula is C18H17BrFN3O. The topological polar surface area (TPSA) is 57.8 Å². The van der Waals surface area contributed by atoms with Crippen LogP contribution < -0.4 is 5.32 Å². The lowest BCUT2D eigenvalue weighted by Gasteiger charge is -2.07. The highest BCUT2D eigenvalue weighted by atomic mass is 79.9. The van der Waals surface area contributed by atoms with Crippen LogP contribution in [0.2, 0.25) is 0 Å². The molecular weight excluding hydrogens is 373 g/mol. The number of H-pyrrole nitrogens is 1. The van der Waals surface area contributed by atoms with E-state index in [1.807, 2.05) is 13.8 Å². The number of nitrogens with zero attached hydrogens (tertiary/aromatic N) is 1. The first kappa shape index (κ1) is 16.6. The highest BCUT2D eigenvalue weighted by molar-refractivity contribution is 9.10. The normalized spacial score (nSPS) is 11.0. The van der Waals surface area contributed by atoms with E-state index in [4.69, 9.17) is 0 Å². The SMILES string of the molecule is Cc1[nH]c2c(F)ccc(C)c2c1CCNC(=O)c1ccnc(Br)c1. The van der Waals surface area contributed by atoms with Gasteiger partial charge in [-0.25, -0.2) is 9.37 Å². The maximum atomic E-state index is 14.0. The van der Waals surface area contributed by atoms with Crippen molar-refractivity contribution in [1.82, 2.24) is 15.3 Å². The number of fused-ring (bicyclic) bond motifs is 1. The van der Waals surface area contributed by atoms with Gasteiger partial charge in [-0.2, -0.15) is 0 Å². The van der Waals surface area contributed by atoms with Crippen LogP contribution in [0, 0.1) is 19.7 Å². The third kappa shape index (κ3) is 3.19. The quantitative estimate of drug-likeness (QED) is 0.661. The van der Waals surface area contributed by atoms with E-state index < -0.39 is 0 Å². The summed E-state index contributed by atoms with van der Waals surface area (Å²) >= 11 is 3.25. The van der Waals surface area contributed by atoms with Crippen molar-refractivity contribution >= 4 is 32.7 Å². The van der Waals surface area contributed by atoms with Crippen LogP contribution in [0.4, 0.5) is 4.39 Å². The fraction of sp³-hybridized carbons (Fsp3) is 0.222. The summed E-state index contributed by atoms with van der Waals surface area (Å²) < 4.78 is 14.6. The zero-order valence-corrected chi connectivity index (χ0v) is 15.0. The minimum Gasteiger partial charge on any atom is -0.356 e. The van der Waals surface area contributed by atoms with Gasteiger partial charge in [-0.15, -0.1) is 0 Å². The molecule has 2 heterocycles. The van der Waals surface area contributed by atoms with Crippen molar-refractivity contribution in [1.29, 1.82) is 0 Å². The zero-order valence-electron chi connectivity index (χ0n) is 13.4. The second-order valence-corrected chi connectivity index (χ2v) is 6.53. The average molecular weight is 390 g/mol. The number of rotatable bonds is 4. The Morgan fingerprint density at radius 2 is 2.12 bits per heavy atom. The molecule has 0 unspecified atom stereocenters. The molecule has 0 radical (unpaired) electrons. The van der Waals surface area contributed by atoms with Crippen molar-refractivity contribution in [2.75, 3.05) is 6.54 Å². The van der Waals surface area contributed by atoms with Gasteiger partial charge in [0.2, 0.25) is 0 Å². The molecule has 4 nitrogen and oxygen atoms in total. The standard InChI is InChI=1S/C18H17BrFN3O/c1-10-3-4-14(20)17-16(10)13(11(2)23-17)6-8-22-18(24)12-5-7-21-15(19)9-12/h3-5,7,9,23H,6,8H2,1-2H3,(H,22,24). The predicted molar refractivity (Wildman–Crippen MR) is 95.7 cm³/mol. The number of pyridine rings is 1. The minimum atomic E-state index is -0.254. The van der Waals surface area contributed by atoms with Gasteiger partial charge in [-0.05, 0) is 65.5 Å². The molecule has 0 atom stereocenters. The summed E-state index contributed by atoms with van der Waals surface area (Å²) in [5, 5.41) is 3.81. The number of hydrogen-bond acceptors (Lipinski definition) is 2. The van der Waals surface area contributed by atoms with Crippen LogP contribution in [0.5, 0.6) is 0 Å². The van der Waals surface area contributed by atoms with Crippen LogP contribution in [0.1, 0.15) is 27.2 Å². The Bertz CT molecular complexity index is 920. The second kappa shape index (κ2) is 6.73. The maximum Gasteiger partial charge on any atom is 0.251 e. The third-order valence-corrected chi connectivity index (χ3v) is 4.51. The molecule has 3 aromatic rings. The summed E-state index contributed by atoms with van der Waals surface area (Å²) in [6.45, 7) is 4.37. The van der Waals surface area contributed by atoms with Crippen molar-refractivity contribution in [3.8, 4) is 0 Å². The lowest BCUT2D eigenvalue weighted by molar-refractivity contribution is 0.0954. The Labute approximate surface area is 147 Å². The summed E-state index contributed by atoms with van der Waals surface area (Å²) in [5.41, 5.74) is 4.08. The van der Waals surface area contributed by atoms with E-state index in [0.717, 1.165) is 22.2 Å². The van der Waals surface area contributed by atoms with Crippen molar-refractivity contribution in [3.63, 3.8) is 0 Å². The Kier molecular flexibility index (Phi) is 4.66. The van der Waals surface area contributed by atoms with E-state index in [-0.39, 0.29) is 11.7 Å². The molecule has 0 fully saturated rings. The zero-order chi connectivity index (χ0) is 17.3. The summed E-state index contributed by atoms with van der Waals surface area (Å²) in [6, 6.07) is 6.59. The molecule has 0 aliphatic rings. The highest BCUT2D eigenvalue weighted by Gasteiger charge is 2.14. The molecule has 124 valence electrons. The fourth-order valence-electron chi connectivity index (χ4n) is 2.90. The first-order valence-corrected chi connectivity index (χ1v) is 8.42. The fourth-order valence-corrected chi connectivity index (χ4v) is 3.27. The van der Waals surface area contributed by atoms with Crippen molar-refractivity contribution in [2.24, 2.45) is 0 Å². The molecule has 1 aromatic carbocycles. The number of carbonyl (C=O) groups is 1. The number of benzene rings is 1. The largest absolute Gasteiger partial charge is 0.356 e. The van der Waals surface area contributed by atoms with Crippen molar-refractivity contribution in [2.45, 2.75) is 20.3 Å². The summed E-state index contributed by atoms with van der Waals surface area (Å²) in [6.07, 6.45) is 2.21. The van der Waals surface area contributed by atoms with E-state index in [1.165, 1.54) is 6.07 Å². The average Bonchev–Trinajstić information content (AvgIpc) is 2.89. The molecule has 0 aliphatic heterocycles. The summed E-state index contributed by atoms with van der Waals surface area (Å²) in [5.74, 6) is -0.408. The van der Waals surface area contributed by atoms with Gasteiger partial charge in [0.15, 0.2) is 0 Å². The number of aromatic nitrogens is 2. The number of aryl methyl sites for hydroxylation is 2. The summed E-state index contributed by atoms with van der Waals surface area (Å²) in [7, 11) is 0. The predicted octanol–water partition coefficient (Wildman–Crippen LogP) is 4.05. The van der Waals surface area contributed by atoms with Gasteiger partial charge in [0.25, 0.3) is 5.91 Å². The maximum absolute atomic E-state index is 14.0. The Balaban J connectivity index is 1.76. The van der Waals surface area contributed by atoms with Crippen LogP contribution in [0.25, 0.3) is 10.9 Å². The highest BCUT2D eigenvalue weighted by Crippen LogP contribution is 2.27. The van der Waals surface area contributed by atoms with E-state index in [2.05, 4.69) is 31.2 Å². The van der Waals surface area contributed by atoms with E-state index in [0.29, 0.717) is 28.6 Å². The van der Waals surface area contributed by atoms with E-state index >= 15 is 0 Å². The molecule has 1 amide bonds. The molecule has 3 rings (SSSR count). The number of halogens is 2. The molecule has 0 saturated carbocycles. The van der Waals surface area contributed by atoms with Crippen LogP contribution in [0.15, 0.2) is 35.1 Å². The molecule has 2 N–H and O–H groups in total. The number of hydrogen-bond donors (Lipinski definition) is 2. The van der Waals surface area contributed by atoms with Crippen LogP contribution in [-0.2, 0) is 6.42 Å². The van der Waals surface area contributed by atoms with Gasteiger partial charge in [-0.1, -0.05) is 6.07 Å². The van der Waals surface area contributed by atoms with Crippen molar-refractivity contribution in [3.05, 3.63) is 63.3 Å². The lowest BCUT2D eigenvalue weighted by atomic mass is 10.0. The van der Waals surface area contributed by atoms with E-state index in [9.17, 15) is 9.18 Å². The number of nitrogens with one attached hydrogen (secondary N) is 2. The monoisotopic (exact) mass is 389 g/mol. The molecule has 0 aliphatic carbocycles. The third-order valence-electron chi connectivity index (χ3n) is 4.08. The molecule has 2 aromatic heterocycles. The molecule has 0 spiro atoms. The second-order valence-electron chi connectivity index (χ2n) is 5.72. The van der Waals surface area contributed by atoms with Crippen LogP contribution in [-0.4, -0.2) is 22.4 Å². The molecule has 0 saturated heterocycles. The molecule has 0 bridgehead atoms. The lowest BCUT2D eigenvalue weighted by Crippen LogP contribution is -2.25. The first-order valence-electron chi connectivity index (χ1n) is 7.63. The molecule has 24 heavy (non-hydrogen) atoms. The Hall–Kier alpha value is -2.21. The van der Waals surface area contributed by atoms with Gasteiger partial charge in [0.1, 0.15) is 10.4 Å². The Morgan fingerprint density at radius 3 is 2.88 bits per heavy atom. The minimum absolute atomic E-state index is 0.154. The van der Waals surface area contributed by atoms with Gasteiger partial charge in [-0.3, -0.25) is 4.79 Å². The molecule has 6 heteroatoms. The Morgan fingerprint density at radius 1 is 1.33 bits per heavy atom. The van der Waals surface area contributed by atoms with Gasteiger partial charge in [0.05, 0.1) is 5.52 Å². The first-order chi connectivity index (χ1) is 11.5. The van der Waals surface area contributed by atoms with Gasteiger partial charge in [0, 0.05) is 29.4 Å². The summed E-state index contributed by atoms with van der Waals surface area (Å²) in [4.78, 5) is 19.3.